The van der Waals surface area contributed by atoms with E-state index in [1.165, 1.54) is 11.8 Å². The number of rotatable bonds is 7. The van der Waals surface area contributed by atoms with Gasteiger partial charge in [0.05, 0.1) is 0 Å². The summed E-state index contributed by atoms with van der Waals surface area (Å²) in [7, 11) is 0. The summed E-state index contributed by atoms with van der Waals surface area (Å²) in [4.78, 5) is 13.2. The number of carbonyl (C=O) groups excluding carboxylic acids is 1. The van der Waals surface area contributed by atoms with E-state index in [1.54, 1.807) is 0 Å². The van der Waals surface area contributed by atoms with Gasteiger partial charge >= 0.3 is 0 Å². The van der Waals surface area contributed by atoms with Crippen LogP contribution < -0.4 is 14.8 Å². The molecule has 1 amide bonds. The quantitative estimate of drug-likeness (QED) is 0.392. The Morgan fingerprint density at radius 2 is 1.68 bits per heavy atom. The molecule has 3 aromatic carbocycles. The van der Waals surface area contributed by atoms with E-state index in [2.05, 4.69) is 15.5 Å². The largest absolute Gasteiger partial charge is 0.454 e. The van der Waals surface area contributed by atoms with Crippen LogP contribution in [0.15, 0.2) is 84.0 Å². The SMILES string of the molecule is O=C(NC1CC1)[C@@H](Sc1nnc(-c2ccc3c(c2)OCO3)n1-c1ccccc1)c1ccccc1. The smallest absolute Gasteiger partial charge is 0.238 e. The fourth-order valence-corrected chi connectivity index (χ4v) is 4.95. The van der Waals surface area contributed by atoms with Crippen LogP contribution in [0.5, 0.6) is 11.5 Å². The first-order valence-corrected chi connectivity index (χ1v) is 12.1. The second kappa shape index (κ2) is 8.87. The lowest BCUT2D eigenvalue weighted by Crippen LogP contribution is -2.29. The van der Waals surface area contributed by atoms with Crippen LogP contribution in [-0.4, -0.2) is 33.5 Å². The maximum absolute atomic E-state index is 13.2. The summed E-state index contributed by atoms with van der Waals surface area (Å²) < 4.78 is 13.0. The number of hydrogen-bond acceptors (Lipinski definition) is 6. The Labute approximate surface area is 201 Å². The Hall–Kier alpha value is -3.78. The van der Waals surface area contributed by atoms with Gasteiger partial charge in [0.25, 0.3) is 0 Å². The number of nitrogens with zero attached hydrogens (tertiary/aromatic N) is 3. The van der Waals surface area contributed by atoms with Gasteiger partial charge in [-0.2, -0.15) is 0 Å². The molecule has 2 heterocycles. The number of amides is 1. The van der Waals surface area contributed by atoms with Gasteiger partial charge < -0.3 is 14.8 Å². The van der Waals surface area contributed by atoms with E-state index in [0.717, 1.165) is 29.7 Å². The number of aromatic nitrogens is 3. The molecule has 0 bridgehead atoms. The predicted octanol–water partition coefficient (Wildman–Crippen LogP) is 4.78. The molecule has 1 atom stereocenters. The molecule has 0 unspecified atom stereocenters. The number of para-hydroxylation sites is 1. The lowest BCUT2D eigenvalue weighted by atomic mass is 10.1. The van der Waals surface area contributed by atoms with Crippen molar-refractivity contribution in [2.24, 2.45) is 0 Å². The van der Waals surface area contributed by atoms with Crippen LogP contribution in [0.1, 0.15) is 23.7 Å². The number of hydrogen-bond donors (Lipinski definition) is 1. The highest BCUT2D eigenvalue weighted by molar-refractivity contribution is 8.00. The maximum atomic E-state index is 13.2. The predicted molar refractivity (Wildman–Crippen MR) is 129 cm³/mol. The van der Waals surface area contributed by atoms with Crippen molar-refractivity contribution < 1.29 is 14.3 Å². The Balaban J connectivity index is 1.42. The number of fused-ring (bicyclic) bond motifs is 1. The molecule has 0 saturated heterocycles. The molecule has 0 radical (unpaired) electrons. The Kier molecular flexibility index (Phi) is 5.43. The molecular formula is C26H22N4O3S. The van der Waals surface area contributed by atoms with Crippen LogP contribution in [0.4, 0.5) is 0 Å². The van der Waals surface area contributed by atoms with E-state index >= 15 is 0 Å². The van der Waals surface area contributed by atoms with Crippen LogP contribution in [-0.2, 0) is 4.79 Å². The molecule has 34 heavy (non-hydrogen) atoms. The molecule has 1 N–H and O–H groups in total. The Bertz CT molecular complexity index is 1320. The van der Waals surface area contributed by atoms with Crippen LogP contribution in [0.25, 0.3) is 17.1 Å². The van der Waals surface area contributed by atoms with Crippen molar-refractivity contribution in [3.63, 3.8) is 0 Å². The molecular weight excluding hydrogens is 448 g/mol. The average molecular weight is 471 g/mol. The fourth-order valence-electron chi connectivity index (χ4n) is 3.89. The Morgan fingerprint density at radius 3 is 2.44 bits per heavy atom. The fraction of sp³-hybridized carbons (Fsp3) is 0.192. The molecule has 6 rings (SSSR count). The van der Waals surface area contributed by atoms with E-state index in [-0.39, 0.29) is 18.7 Å². The topological polar surface area (TPSA) is 78.3 Å². The highest BCUT2D eigenvalue weighted by Gasteiger charge is 2.31. The average Bonchev–Trinajstić information content (AvgIpc) is 3.40. The van der Waals surface area contributed by atoms with E-state index in [1.807, 2.05) is 83.4 Å². The third-order valence-corrected chi connectivity index (χ3v) is 6.96. The maximum Gasteiger partial charge on any atom is 0.238 e. The number of benzene rings is 3. The highest BCUT2D eigenvalue weighted by Crippen LogP contribution is 2.40. The van der Waals surface area contributed by atoms with Gasteiger partial charge in [-0.25, -0.2) is 0 Å². The van der Waals surface area contributed by atoms with Gasteiger partial charge in [-0.15, -0.1) is 10.2 Å². The minimum absolute atomic E-state index is 0.00839. The van der Waals surface area contributed by atoms with Crippen molar-refractivity contribution in [1.29, 1.82) is 0 Å². The van der Waals surface area contributed by atoms with Crippen LogP contribution in [0.2, 0.25) is 0 Å². The van der Waals surface area contributed by atoms with Gasteiger partial charge in [0.2, 0.25) is 12.7 Å². The molecule has 170 valence electrons. The summed E-state index contributed by atoms with van der Waals surface area (Å²) in [5, 5.41) is 12.4. The zero-order chi connectivity index (χ0) is 22.9. The van der Waals surface area contributed by atoms with Crippen molar-refractivity contribution >= 4 is 17.7 Å². The third kappa shape index (κ3) is 4.12. The summed E-state index contributed by atoms with van der Waals surface area (Å²) in [5.41, 5.74) is 2.70. The molecule has 1 aliphatic carbocycles. The zero-order valence-electron chi connectivity index (χ0n) is 18.3. The molecule has 1 aliphatic heterocycles. The second-order valence-corrected chi connectivity index (χ2v) is 9.31. The van der Waals surface area contributed by atoms with Crippen LogP contribution >= 0.6 is 11.8 Å². The lowest BCUT2D eigenvalue weighted by molar-refractivity contribution is -0.120. The normalized spacial score (nSPS) is 15.2. The third-order valence-electron chi connectivity index (χ3n) is 5.77. The van der Waals surface area contributed by atoms with Crippen molar-refractivity contribution in [2.45, 2.75) is 29.3 Å². The van der Waals surface area contributed by atoms with Crippen molar-refractivity contribution in [2.75, 3.05) is 6.79 Å². The van der Waals surface area contributed by atoms with Crippen molar-refractivity contribution in [1.82, 2.24) is 20.1 Å². The number of carbonyl (C=O) groups is 1. The van der Waals surface area contributed by atoms with Crippen molar-refractivity contribution in [3.8, 4) is 28.6 Å². The van der Waals surface area contributed by atoms with Gasteiger partial charge in [0.1, 0.15) is 5.25 Å². The second-order valence-electron chi connectivity index (χ2n) is 8.24. The van der Waals surface area contributed by atoms with E-state index < -0.39 is 5.25 Å². The lowest BCUT2D eigenvalue weighted by Gasteiger charge is -2.17. The summed E-state index contributed by atoms with van der Waals surface area (Å²) in [5.74, 6) is 2.05. The van der Waals surface area contributed by atoms with Crippen LogP contribution in [0.3, 0.4) is 0 Å². The van der Waals surface area contributed by atoms with Gasteiger partial charge in [-0.05, 0) is 48.7 Å². The molecule has 1 saturated carbocycles. The zero-order valence-corrected chi connectivity index (χ0v) is 19.1. The summed E-state index contributed by atoms with van der Waals surface area (Å²) in [6, 6.07) is 25.7. The van der Waals surface area contributed by atoms with E-state index in [9.17, 15) is 4.79 Å². The first-order valence-electron chi connectivity index (χ1n) is 11.2. The molecule has 0 spiro atoms. The van der Waals surface area contributed by atoms with Crippen LogP contribution in [0, 0.1) is 0 Å². The summed E-state index contributed by atoms with van der Waals surface area (Å²) >= 11 is 1.40. The highest BCUT2D eigenvalue weighted by atomic mass is 32.2. The minimum atomic E-state index is -0.446. The molecule has 4 aromatic rings. The van der Waals surface area contributed by atoms with Gasteiger partial charge in [-0.3, -0.25) is 9.36 Å². The molecule has 2 aliphatic rings. The number of nitrogens with one attached hydrogen (secondary N) is 1. The molecule has 7 nitrogen and oxygen atoms in total. The summed E-state index contributed by atoms with van der Waals surface area (Å²) in [6.45, 7) is 0.208. The monoisotopic (exact) mass is 470 g/mol. The van der Waals surface area contributed by atoms with Gasteiger partial charge in [-0.1, -0.05) is 60.3 Å². The van der Waals surface area contributed by atoms with Crippen molar-refractivity contribution in [3.05, 3.63) is 84.4 Å². The van der Waals surface area contributed by atoms with Gasteiger partial charge in [0, 0.05) is 17.3 Å². The van der Waals surface area contributed by atoms with E-state index in [0.29, 0.717) is 22.5 Å². The minimum Gasteiger partial charge on any atom is -0.454 e. The van der Waals surface area contributed by atoms with Gasteiger partial charge in [0.15, 0.2) is 22.5 Å². The Morgan fingerprint density at radius 1 is 0.941 bits per heavy atom. The first kappa shape index (κ1) is 20.8. The van der Waals surface area contributed by atoms with E-state index in [4.69, 9.17) is 9.47 Å². The molecule has 1 aromatic heterocycles. The number of ether oxygens (including phenoxy) is 2. The first-order chi connectivity index (χ1) is 16.8. The summed E-state index contributed by atoms with van der Waals surface area (Å²) in [6.07, 6.45) is 2.07. The molecule has 1 fully saturated rings. The number of thioether (sulfide) groups is 1. The molecule has 8 heteroatoms. The standard InChI is InChI=1S/C26H22N4O3S/c31-25(27-19-12-13-19)23(17-7-3-1-4-8-17)34-26-29-28-24(30(26)20-9-5-2-6-10-20)18-11-14-21-22(15-18)33-16-32-21/h1-11,14-15,19,23H,12-13,16H2,(H,27,31)/t23-/m0/s1.